The molecule has 8 nitrogen and oxygen atoms in total. The molecule has 0 aliphatic rings. The first-order chi connectivity index (χ1) is 13.2. The topological polar surface area (TPSA) is 107 Å². The summed E-state index contributed by atoms with van der Waals surface area (Å²) in [5.41, 5.74) is 3.89. The van der Waals surface area contributed by atoms with E-state index in [0.29, 0.717) is 17.5 Å². The molecule has 0 aliphatic carbocycles. The molecule has 0 atom stereocenters. The van der Waals surface area contributed by atoms with Gasteiger partial charge in [0.2, 0.25) is 5.91 Å². The van der Waals surface area contributed by atoms with E-state index in [-0.39, 0.29) is 11.7 Å². The number of nitrogens with zero attached hydrogens (tertiary/aromatic N) is 3. The lowest BCUT2D eigenvalue weighted by Gasteiger charge is -2.13. The van der Waals surface area contributed by atoms with Crippen LogP contribution in [0.25, 0.3) is 5.69 Å². The number of hydrogen-bond donors (Lipinski definition) is 3. The van der Waals surface area contributed by atoms with Crippen LogP contribution in [0.5, 0.6) is 5.75 Å². The number of amides is 1. The molecule has 0 bridgehead atoms. The van der Waals surface area contributed by atoms with E-state index in [1.165, 1.54) is 11.8 Å². The quantitative estimate of drug-likeness (QED) is 0.236. The SMILES string of the molecule is COc1ccccc1NCc1nnc(SCC(=O)NN)n1-c1ccccc1. The predicted octanol–water partition coefficient (Wildman–Crippen LogP) is 1.97. The van der Waals surface area contributed by atoms with Crippen LogP contribution in [0.4, 0.5) is 5.69 Å². The van der Waals surface area contributed by atoms with Crippen LogP contribution >= 0.6 is 11.8 Å². The van der Waals surface area contributed by atoms with Gasteiger partial charge in [0.15, 0.2) is 11.0 Å². The van der Waals surface area contributed by atoms with Gasteiger partial charge in [-0.25, -0.2) is 5.84 Å². The molecule has 0 fully saturated rings. The molecule has 1 heterocycles. The van der Waals surface area contributed by atoms with E-state index in [1.807, 2.05) is 59.2 Å². The fraction of sp³-hybridized carbons (Fsp3) is 0.167. The summed E-state index contributed by atoms with van der Waals surface area (Å²) in [6.45, 7) is 0.436. The van der Waals surface area contributed by atoms with E-state index in [1.54, 1.807) is 7.11 Å². The molecule has 3 aromatic rings. The van der Waals surface area contributed by atoms with Gasteiger partial charge in [0.05, 0.1) is 25.1 Å². The van der Waals surface area contributed by atoms with Crippen molar-refractivity contribution in [2.24, 2.45) is 5.84 Å². The number of hydrogen-bond acceptors (Lipinski definition) is 7. The molecular formula is C18H20N6O2S. The Labute approximate surface area is 161 Å². The fourth-order valence-corrected chi connectivity index (χ4v) is 3.26. The lowest BCUT2D eigenvalue weighted by Crippen LogP contribution is -2.31. The average Bonchev–Trinajstić information content (AvgIpc) is 3.14. The van der Waals surface area contributed by atoms with Gasteiger partial charge in [-0.05, 0) is 24.3 Å². The Kier molecular flexibility index (Phi) is 6.29. The van der Waals surface area contributed by atoms with E-state index < -0.39 is 0 Å². The van der Waals surface area contributed by atoms with Crippen molar-refractivity contribution in [1.29, 1.82) is 0 Å². The summed E-state index contributed by atoms with van der Waals surface area (Å²) in [5, 5.41) is 12.5. The van der Waals surface area contributed by atoms with Crippen molar-refractivity contribution >= 4 is 23.4 Å². The molecule has 4 N–H and O–H groups in total. The Morgan fingerprint density at radius 1 is 1.15 bits per heavy atom. The Morgan fingerprint density at radius 2 is 1.89 bits per heavy atom. The van der Waals surface area contributed by atoms with Gasteiger partial charge >= 0.3 is 0 Å². The second-order valence-corrected chi connectivity index (χ2v) is 6.42. The molecule has 0 saturated heterocycles. The summed E-state index contributed by atoms with van der Waals surface area (Å²) >= 11 is 1.27. The van der Waals surface area contributed by atoms with Crippen LogP contribution in [0.3, 0.4) is 0 Å². The van der Waals surface area contributed by atoms with Gasteiger partial charge in [0.1, 0.15) is 5.75 Å². The maximum atomic E-state index is 11.5. The van der Waals surface area contributed by atoms with Gasteiger partial charge in [-0.1, -0.05) is 42.1 Å². The molecule has 27 heavy (non-hydrogen) atoms. The van der Waals surface area contributed by atoms with Crippen molar-refractivity contribution in [3.05, 3.63) is 60.4 Å². The number of anilines is 1. The lowest BCUT2D eigenvalue weighted by atomic mass is 10.3. The Hall–Kier alpha value is -3.04. The number of hydrazine groups is 1. The van der Waals surface area contributed by atoms with E-state index in [0.717, 1.165) is 17.1 Å². The highest BCUT2D eigenvalue weighted by molar-refractivity contribution is 7.99. The zero-order valence-corrected chi connectivity index (χ0v) is 15.6. The minimum Gasteiger partial charge on any atom is -0.495 e. The number of nitrogens with one attached hydrogen (secondary N) is 2. The second kappa shape index (κ2) is 9.06. The molecule has 9 heteroatoms. The summed E-state index contributed by atoms with van der Waals surface area (Å²) < 4.78 is 7.28. The summed E-state index contributed by atoms with van der Waals surface area (Å²) in [5.74, 6) is 6.48. The number of carbonyl (C=O) groups excluding carboxylic acids is 1. The third-order valence-corrected chi connectivity index (χ3v) is 4.68. The number of carbonyl (C=O) groups is 1. The van der Waals surface area contributed by atoms with E-state index in [2.05, 4.69) is 20.9 Å². The maximum absolute atomic E-state index is 11.5. The summed E-state index contributed by atoms with van der Waals surface area (Å²) in [6, 6.07) is 17.4. The van der Waals surface area contributed by atoms with Crippen LogP contribution in [0.2, 0.25) is 0 Å². The smallest absolute Gasteiger partial charge is 0.244 e. The van der Waals surface area contributed by atoms with E-state index in [4.69, 9.17) is 10.6 Å². The number of rotatable bonds is 8. The first-order valence-corrected chi connectivity index (χ1v) is 9.20. The molecular weight excluding hydrogens is 364 g/mol. The Balaban J connectivity index is 1.86. The first-order valence-electron chi connectivity index (χ1n) is 8.21. The lowest BCUT2D eigenvalue weighted by molar-refractivity contribution is -0.118. The molecule has 0 radical (unpaired) electrons. The normalized spacial score (nSPS) is 10.4. The summed E-state index contributed by atoms with van der Waals surface area (Å²) in [6.07, 6.45) is 0. The van der Waals surface area contributed by atoms with Crippen molar-refractivity contribution in [2.75, 3.05) is 18.2 Å². The molecule has 2 aromatic carbocycles. The Bertz CT molecular complexity index is 900. The maximum Gasteiger partial charge on any atom is 0.244 e. The monoisotopic (exact) mass is 384 g/mol. The van der Waals surface area contributed by atoms with Gasteiger partial charge in [-0.15, -0.1) is 10.2 Å². The van der Waals surface area contributed by atoms with Crippen molar-refractivity contribution < 1.29 is 9.53 Å². The van der Waals surface area contributed by atoms with Crippen LogP contribution in [-0.4, -0.2) is 33.5 Å². The minimum atomic E-state index is -0.281. The van der Waals surface area contributed by atoms with Crippen molar-refractivity contribution in [3.8, 4) is 11.4 Å². The predicted molar refractivity (Wildman–Crippen MR) is 105 cm³/mol. The van der Waals surface area contributed by atoms with Gasteiger partial charge in [0.25, 0.3) is 0 Å². The fourth-order valence-electron chi connectivity index (χ4n) is 2.48. The number of methoxy groups -OCH3 is 1. The number of aromatic nitrogens is 3. The van der Waals surface area contributed by atoms with Crippen LogP contribution < -0.4 is 21.3 Å². The summed E-state index contributed by atoms with van der Waals surface area (Å²) in [4.78, 5) is 11.5. The van der Waals surface area contributed by atoms with Crippen molar-refractivity contribution in [1.82, 2.24) is 20.2 Å². The molecule has 1 aromatic heterocycles. The highest BCUT2D eigenvalue weighted by Crippen LogP contribution is 2.25. The van der Waals surface area contributed by atoms with Gasteiger partial charge in [0, 0.05) is 5.69 Å². The average molecular weight is 384 g/mol. The standard InChI is InChI=1S/C18H20N6O2S/c1-26-15-10-6-5-9-14(15)20-11-16-22-23-18(27-12-17(25)21-19)24(16)13-7-3-2-4-8-13/h2-10,20H,11-12,19H2,1H3,(H,21,25). The van der Waals surface area contributed by atoms with Crippen LogP contribution in [0.15, 0.2) is 59.8 Å². The Morgan fingerprint density at radius 3 is 2.63 bits per heavy atom. The zero-order chi connectivity index (χ0) is 19.1. The zero-order valence-electron chi connectivity index (χ0n) is 14.8. The molecule has 0 spiro atoms. The first kappa shape index (κ1) is 18.7. The highest BCUT2D eigenvalue weighted by atomic mass is 32.2. The molecule has 0 aliphatic heterocycles. The van der Waals surface area contributed by atoms with Crippen LogP contribution in [0, 0.1) is 0 Å². The minimum absolute atomic E-state index is 0.154. The largest absolute Gasteiger partial charge is 0.495 e. The van der Waals surface area contributed by atoms with E-state index >= 15 is 0 Å². The van der Waals surface area contributed by atoms with Crippen LogP contribution in [0.1, 0.15) is 5.82 Å². The number of ether oxygens (including phenoxy) is 1. The number of para-hydroxylation sites is 3. The highest BCUT2D eigenvalue weighted by Gasteiger charge is 2.16. The molecule has 3 rings (SSSR count). The number of benzene rings is 2. The third kappa shape index (κ3) is 4.57. The number of thioether (sulfide) groups is 1. The van der Waals surface area contributed by atoms with Gasteiger partial charge in [-0.2, -0.15) is 0 Å². The summed E-state index contributed by atoms with van der Waals surface area (Å²) in [7, 11) is 1.63. The van der Waals surface area contributed by atoms with E-state index in [9.17, 15) is 4.79 Å². The van der Waals surface area contributed by atoms with Crippen LogP contribution in [-0.2, 0) is 11.3 Å². The van der Waals surface area contributed by atoms with Crippen molar-refractivity contribution in [2.45, 2.75) is 11.7 Å². The van der Waals surface area contributed by atoms with Crippen molar-refractivity contribution in [3.63, 3.8) is 0 Å². The number of nitrogens with two attached hydrogens (primary N) is 1. The molecule has 0 unspecified atom stereocenters. The third-order valence-electron chi connectivity index (χ3n) is 3.75. The molecule has 1 amide bonds. The molecule has 140 valence electrons. The van der Waals surface area contributed by atoms with Gasteiger partial charge < -0.3 is 10.1 Å². The molecule has 0 saturated carbocycles. The van der Waals surface area contributed by atoms with Gasteiger partial charge in [-0.3, -0.25) is 14.8 Å². The second-order valence-electron chi connectivity index (χ2n) is 5.48.